The minimum absolute atomic E-state index is 0.143. The molecule has 1 unspecified atom stereocenters. The normalized spacial score (nSPS) is 16.2. The maximum absolute atomic E-state index is 11.3. The first-order valence-corrected chi connectivity index (χ1v) is 9.99. The second-order valence-electron chi connectivity index (χ2n) is 7.17. The van der Waals surface area contributed by atoms with Gasteiger partial charge in [-0.25, -0.2) is 9.50 Å². The number of nitrogens with zero attached hydrogens (tertiary/aromatic N) is 4. The van der Waals surface area contributed by atoms with Gasteiger partial charge in [0.1, 0.15) is 6.10 Å². The van der Waals surface area contributed by atoms with Gasteiger partial charge in [0.05, 0.1) is 37.8 Å². The molecule has 1 fully saturated rings. The summed E-state index contributed by atoms with van der Waals surface area (Å²) in [5.74, 6) is 0.996. The van der Waals surface area contributed by atoms with Gasteiger partial charge in [-0.15, -0.1) is 0 Å². The lowest BCUT2D eigenvalue weighted by Gasteiger charge is -2.19. The molecule has 3 heterocycles. The molecule has 0 aliphatic carbocycles. The molecule has 1 aromatic carbocycles. The highest BCUT2D eigenvalue weighted by molar-refractivity contribution is 6.29. The summed E-state index contributed by atoms with van der Waals surface area (Å²) >= 11 is 6.38. The number of hydrogen-bond acceptors (Lipinski definition) is 7. The van der Waals surface area contributed by atoms with Crippen molar-refractivity contribution in [2.75, 3.05) is 32.2 Å². The SMILES string of the molecule is COc1ccc(-c2c(C)nc3c(N4CCC(OC(C)=O)C4)cc(Cl)nn23)cc1OC. The van der Waals surface area contributed by atoms with Crippen molar-refractivity contribution >= 4 is 28.9 Å². The maximum Gasteiger partial charge on any atom is 0.302 e. The molecule has 3 aromatic rings. The standard InChI is InChI=1S/C21H23ClN4O4/c1-12-20(14-5-6-17(28-3)18(9-14)29-4)26-21(23-12)16(10-19(22)24-26)25-8-7-15(11-25)30-13(2)27/h5-6,9-10,15H,7-8,11H2,1-4H3. The number of anilines is 1. The fourth-order valence-electron chi connectivity index (χ4n) is 3.91. The first-order valence-electron chi connectivity index (χ1n) is 9.61. The summed E-state index contributed by atoms with van der Waals surface area (Å²) in [6.45, 7) is 4.69. The van der Waals surface area contributed by atoms with Crippen molar-refractivity contribution in [1.82, 2.24) is 14.6 Å². The maximum atomic E-state index is 11.3. The number of ether oxygens (including phenoxy) is 3. The average Bonchev–Trinajstić information content (AvgIpc) is 3.30. The van der Waals surface area contributed by atoms with Crippen LogP contribution in [0.25, 0.3) is 16.9 Å². The van der Waals surface area contributed by atoms with Crippen LogP contribution in [0.15, 0.2) is 24.3 Å². The van der Waals surface area contributed by atoms with E-state index in [1.807, 2.05) is 25.1 Å². The molecule has 4 rings (SSSR count). The zero-order chi connectivity index (χ0) is 21.4. The third-order valence-electron chi connectivity index (χ3n) is 5.18. The minimum Gasteiger partial charge on any atom is -0.493 e. The number of halogens is 1. The number of carbonyl (C=O) groups is 1. The highest BCUT2D eigenvalue weighted by atomic mass is 35.5. The van der Waals surface area contributed by atoms with Crippen LogP contribution < -0.4 is 14.4 Å². The Bertz CT molecular complexity index is 1110. The van der Waals surface area contributed by atoms with Crippen LogP contribution in [0.1, 0.15) is 19.0 Å². The third-order valence-corrected chi connectivity index (χ3v) is 5.37. The Labute approximate surface area is 179 Å². The largest absolute Gasteiger partial charge is 0.493 e. The van der Waals surface area contributed by atoms with E-state index in [4.69, 9.17) is 30.8 Å². The van der Waals surface area contributed by atoms with Crippen LogP contribution in [-0.2, 0) is 9.53 Å². The molecule has 0 amide bonds. The van der Waals surface area contributed by atoms with Crippen molar-refractivity contribution in [3.8, 4) is 22.8 Å². The summed E-state index contributed by atoms with van der Waals surface area (Å²) in [7, 11) is 3.20. The highest BCUT2D eigenvalue weighted by Gasteiger charge is 2.28. The number of aromatic nitrogens is 3. The van der Waals surface area contributed by atoms with Crippen LogP contribution in [-0.4, -0.2) is 54.0 Å². The van der Waals surface area contributed by atoms with Gasteiger partial charge < -0.3 is 19.1 Å². The smallest absolute Gasteiger partial charge is 0.302 e. The molecular weight excluding hydrogens is 408 g/mol. The van der Waals surface area contributed by atoms with Crippen LogP contribution in [0.3, 0.4) is 0 Å². The topological polar surface area (TPSA) is 78.2 Å². The van der Waals surface area contributed by atoms with E-state index in [1.165, 1.54) is 6.92 Å². The van der Waals surface area contributed by atoms with Gasteiger partial charge in [0.25, 0.3) is 0 Å². The van der Waals surface area contributed by atoms with Gasteiger partial charge in [-0.3, -0.25) is 4.79 Å². The minimum atomic E-state index is -0.271. The molecule has 8 nitrogen and oxygen atoms in total. The number of fused-ring (bicyclic) bond motifs is 1. The average molecular weight is 431 g/mol. The van der Waals surface area contributed by atoms with Gasteiger partial charge in [0.2, 0.25) is 0 Å². The summed E-state index contributed by atoms with van der Waals surface area (Å²) in [5, 5.41) is 4.86. The van der Waals surface area contributed by atoms with Gasteiger partial charge in [-0.2, -0.15) is 5.10 Å². The van der Waals surface area contributed by atoms with Gasteiger partial charge >= 0.3 is 5.97 Å². The number of esters is 1. The van der Waals surface area contributed by atoms with Crippen LogP contribution in [0.2, 0.25) is 5.15 Å². The second kappa shape index (κ2) is 8.02. The monoisotopic (exact) mass is 430 g/mol. The van der Waals surface area contributed by atoms with Crippen molar-refractivity contribution < 1.29 is 19.0 Å². The van der Waals surface area contributed by atoms with Crippen molar-refractivity contribution in [1.29, 1.82) is 0 Å². The van der Waals surface area contributed by atoms with Gasteiger partial charge in [0.15, 0.2) is 22.3 Å². The number of methoxy groups -OCH3 is 2. The molecule has 158 valence electrons. The van der Waals surface area contributed by atoms with E-state index in [0.717, 1.165) is 35.6 Å². The Kier molecular flexibility index (Phi) is 5.42. The molecule has 30 heavy (non-hydrogen) atoms. The first kappa shape index (κ1) is 20.3. The lowest BCUT2D eigenvalue weighted by Crippen LogP contribution is -2.24. The number of benzene rings is 1. The summed E-state index contributed by atoms with van der Waals surface area (Å²) in [5.41, 5.74) is 4.08. The molecule has 0 radical (unpaired) electrons. The molecule has 1 aliphatic rings. The molecule has 0 saturated carbocycles. The Morgan fingerprint density at radius 3 is 2.67 bits per heavy atom. The summed E-state index contributed by atoms with van der Waals surface area (Å²) in [4.78, 5) is 18.2. The number of carbonyl (C=O) groups excluding carboxylic acids is 1. The highest BCUT2D eigenvalue weighted by Crippen LogP contribution is 2.36. The predicted molar refractivity (Wildman–Crippen MR) is 114 cm³/mol. The molecule has 1 aliphatic heterocycles. The van der Waals surface area contributed by atoms with Crippen molar-refractivity contribution in [3.63, 3.8) is 0 Å². The molecule has 1 atom stereocenters. The molecule has 0 spiro atoms. The molecule has 0 bridgehead atoms. The number of imidazole rings is 1. The fourth-order valence-corrected chi connectivity index (χ4v) is 4.09. The Balaban J connectivity index is 1.79. The third kappa shape index (κ3) is 3.63. The van der Waals surface area contributed by atoms with Crippen molar-refractivity contribution in [3.05, 3.63) is 35.1 Å². The molecule has 2 aromatic heterocycles. The number of aryl methyl sites for hydroxylation is 1. The van der Waals surface area contributed by atoms with E-state index >= 15 is 0 Å². The van der Waals surface area contributed by atoms with Gasteiger partial charge in [-0.05, 0) is 25.1 Å². The van der Waals surface area contributed by atoms with Crippen LogP contribution in [0, 0.1) is 6.92 Å². The van der Waals surface area contributed by atoms with E-state index in [1.54, 1.807) is 24.8 Å². The summed E-state index contributed by atoms with van der Waals surface area (Å²) < 4.78 is 17.9. The predicted octanol–water partition coefficient (Wildman–Crippen LogP) is 3.52. The lowest BCUT2D eigenvalue weighted by atomic mass is 10.1. The van der Waals surface area contributed by atoms with E-state index < -0.39 is 0 Å². The van der Waals surface area contributed by atoms with Crippen LogP contribution >= 0.6 is 11.6 Å². The van der Waals surface area contributed by atoms with Gasteiger partial charge in [-0.1, -0.05) is 11.6 Å². The van der Waals surface area contributed by atoms with E-state index in [-0.39, 0.29) is 12.1 Å². The summed E-state index contributed by atoms with van der Waals surface area (Å²) in [6, 6.07) is 7.48. The van der Waals surface area contributed by atoms with E-state index in [9.17, 15) is 4.79 Å². The molecule has 9 heteroatoms. The Morgan fingerprint density at radius 1 is 1.20 bits per heavy atom. The van der Waals surface area contributed by atoms with E-state index in [0.29, 0.717) is 28.8 Å². The van der Waals surface area contributed by atoms with Crippen LogP contribution in [0.4, 0.5) is 5.69 Å². The molecule has 0 N–H and O–H groups in total. The van der Waals surface area contributed by atoms with Gasteiger partial charge in [0, 0.05) is 31.5 Å². The fraction of sp³-hybridized carbons (Fsp3) is 0.381. The van der Waals surface area contributed by atoms with Crippen molar-refractivity contribution in [2.24, 2.45) is 0 Å². The Hall–Kier alpha value is -3.00. The number of rotatable bonds is 5. The molecule has 1 saturated heterocycles. The second-order valence-corrected chi connectivity index (χ2v) is 7.56. The Morgan fingerprint density at radius 2 is 1.97 bits per heavy atom. The lowest BCUT2D eigenvalue weighted by molar-refractivity contribution is -0.145. The molecular formula is C21H23ClN4O4. The van der Waals surface area contributed by atoms with Crippen LogP contribution in [0.5, 0.6) is 11.5 Å². The zero-order valence-corrected chi connectivity index (χ0v) is 18.1. The summed E-state index contributed by atoms with van der Waals surface area (Å²) in [6.07, 6.45) is 0.615. The number of hydrogen-bond donors (Lipinski definition) is 0. The van der Waals surface area contributed by atoms with Crippen molar-refractivity contribution in [2.45, 2.75) is 26.4 Å². The quantitative estimate of drug-likeness (QED) is 0.573. The first-order chi connectivity index (χ1) is 14.4. The zero-order valence-electron chi connectivity index (χ0n) is 17.3. The van der Waals surface area contributed by atoms with E-state index in [2.05, 4.69) is 10.00 Å².